The van der Waals surface area contributed by atoms with Gasteiger partial charge in [-0.1, -0.05) is 61.5 Å². The molecule has 150 valence electrons. The molecule has 1 atom stereocenters. The zero-order chi connectivity index (χ0) is 21.0. The van der Waals surface area contributed by atoms with Gasteiger partial charge in [-0.3, -0.25) is 4.79 Å². The molecule has 29 heavy (non-hydrogen) atoms. The summed E-state index contributed by atoms with van der Waals surface area (Å²) in [6.07, 6.45) is 9.43. The lowest BCUT2D eigenvalue weighted by molar-refractivity contribution is -0.187. The number of allylic oxidation sites excluding steroid dienone is 2. The molecule has 0 aliphatic heterocycles. The lowest BCUT2D eigenvalue weighted by Gasteiger charge is -2.27. The molecule has 1 aliphatic carbocycles. The third-order valence-electron chi connectivity index (χ3n) is 4.20. The summed E-state index contributed by atoms with van der Waals surface area (Å²) in [6.45, 7) is 2.53. The van der Waals surface area contributed by atoms with E-state index in [-0.39, 0.29) is 5.60 Å². The minimum Gasteiger partial charge on any atom is -0.457 e. The average molecular weight is 394 g/mol. The Morgan fingerprint density at radius 2 is 1.41 bits per heavy atom. The molecular formula is C23H22O6. The van der Waals surface area contributed by atoms with Crippen LogP contribution in [0.25, 0.3) is 0 Å². The first-order chi connectivity index (χ1) is 14.1. The van der Waals surface area contributed by atoms with E-state index in [4.69, 9.17) is 4.74 Å². The standard InChI is InChI=1S/C14H10O4.C9H12O2/c15-13(11-7-3-1-4-8-11)17-18-14(16)12-9-5-2-6-10-12;1-2-9(11-8-10)6-4-3-5-7-9/h1-10H;3-6,8H,2,7H2,1H3. The second-order valence-corrected chi connectivity index (χ2v) is 6.10. The summed E-state index contributed by atoms with van der Waals surface area (Å²) in [5, 5.41) is 0. The number of carbonyl (C=O) groups is 3. The fourth-order valence-electron chi connectivity index (χ4n) is 2.49. The first kappa shape index (κ1) is 21.6. The van der Waals surface area contributed by atoms with E-state index in [9.17, 15) is 14.4 Å². The van der Waals surface area contributed by atoms with Crippen molar-refractivity contribution in [3.05, 3.63) is 96.1 Å². The van der Waals surface area contributed by atoms with E-state index in [2.05, 4.69) is 9.78 Å². The molecule has 0 fully saturated rings. The largest absolute Gasteiger partial charge is 0.457 e. The Hall–Kier alpha value is -3.67. The van der Waals surface area contributed by atoms with Gasteiger partial charge in [-0.15, -0.1) is 0 Å². The quantitative estimate of drug-likeness (QED) is 0.424. The summed E-state index contributed by atoms with van der Waals surface area (Å²) >= 11 is 0. The highest BCUT2D eigenvalue weighted by molar-refractivity contribution is 5.92. The number of ether oxygens (including phenoxy) is 1. The maximum absolute atomic E-state index is 11.5. The zero-order valence-corrected chi connectivity index (χ0v) is 16.0. The van der Waals surface area contributed by atoms with Crippen LogP contribution in [-0.4, -0.2) is 24.0 Å². The van der Waals surface area contributed by atoms with Crippen molar-refractivity contribution in [2.45, 2.75) is 25.4 Å². The first-order valence-electron chi connectivity index (χ1n) is 9.09. The third kappa shape index (κ3) is 6.77. The van der Waals surface area contributed by atoms with E-state index >= 15 is 0 Å². The van der Waals surface area contributed by atoms with Gasteiger partial charge in [-0.25, -0.2) is 19.4 Å². The number of hydrogen-bond donors (Lipinski definition) is 0. The van der Waals surface area contributed by atoms with Gasteiger partial charge in [0, 0.05) is 6.42 Å². The van der Waals surface area contributed by atoms with E-state index in [1.54, 1.807) is 60.7 Å². The second-order valence-electron chi connectivity index (χ2n) is 6.10. The molecule has 3 rings (SSSR count). The van der Waals surface area contributed by atoms with Gasteiger partial charge in [0.15, 0.2) is 0 Å². The Morgan fingerprint density at radius 1 is 0.897 bits per heavy atom. The van der Waals surface area contributed by atoms with E-state index in [1.807, 2.05) is 31.2 Å². The summed E-state index contributed by atoms with van der Waals surface area (Å²) < 4.78 is 5.00. The average Bonchev–Trinajstić information content (AvgIpc) is 2.79. The maximum atomic E-state index is 11.5. The minimum atomic E-state index is -0.708. The van der Waals surface area contributed by atoms with Gasteiger partial charge >= 0.3 is 11.9 Å². The predicted molar refractivity (Wildman–Crippen MR) is 107 cm³/mol. The van der Waals surface area contributed by atoms with Crippen molar-refractivity contribution < 1.29 is 28.9 Å². The molecule has 6 nitrogen and oxygen atoms in total. The maximum Gasteiger partial charge on any atom is 0.386 e. The van der Waals surface area contributed by atoms with Gasteiger partial charge < -0.3 is 4.74 Å². The topological polar surface area (TPSA) is 78.9 Å². The number of rotatable bonds is 5. The highest BCUT2D eigenvalue weighted by Crippen LogP contribution is 2.24. The van der Waals surface area contributed by atoms with Gasteiger partial charge in [-0.2, -0.15) is 0 Å². The fraction of sp³-hybridized carbons (Fsp3) is 0.174. The SMILES string of the molecule is CCC1(OC=O)C=CC=CC1.O=C(OOC(=O)c1ccccc1)c1ccccc1. The molecule has 0 amide bonds. The Balaban J connectivity index is 0.000000234. The summed E-state index contributed by atoms with van der Waals surface area (Å²) in [7, 11) is 0. The molecule has 0 N–H and O–H groups in total. The molecule has 1 unspecified atom stereocenters. The number of benzene rings is 2. The highest BCUT2D eigenvalue weighted by Gasteiger charge is 2.25. The Kier molecular flexibility index (Phi) is 8.38. The van der Waals surface area contributed by atoms with Crippen LogP contribution >= 0.6 is 0 Å². The van der Waals surface area contributed by atoms with Gasteiger partial charge in [-0.05, 0) is 36.8 Å². The van der Waals surface area contributed by atoms with Crippen LogP contribution in [0.2, 0.25) is 0 Å². The molecule has 2 aromatic carbocycles. The smallest absolute Gasteiger partial charge is 0.386 e. The van der Waals surface area contributed by atoms with Crippen LogP contribution in [0.3, 0.4) is 0 Å². The lowest BCUT2D eigenvalue weighted by Crippen LogP contribution is -2.29. The van der Waals surface area contributed by atoms with Crippen molar-refractivity contribution in [1.29, 1.82) is 0 Å². The molecule has 0 heterocycles. The molecule has 0 saturated heterocycles. The van der Waals surface area contributed by atoms with Crippen LogP contribution in [0, 0.1) is 0 Å². The highest BCUT2D eigenvalue weighted by atomic mass is 17.2. The second kappa shape index (κ2) is 11.2. The van der Waals surface area contributed by atoms with Crippen LogP contribution in [0.4, 0.5) is 0 Å². The summed E-state index contributed by atoms with van der Waals surface area (Å²) in [6, 6.07) is 16.6. The van der Waals surface area contributed by atoms with Crippen LogP contribution in [0.5, 0.6) is 0 Å². The summed E-state index contributed by atoms with van der Waals surface area (Å²) in [5.74, 6) is -1.42. The van der Waals surface area contributed by atoms with Crippen molar-refractivity contribution in [3.63, 3.8) is 0 Å². The molecule has 0 bridgehead atoms. The molecule has 6 heteroatoms. The minimum absolute atomic E-state index is 0.318. The Labute approximate surface area is 169 Å². The van der Waals surface area contributed by atoms with Gasteiger partial charge in [0.2, 0.25) is 0 Å². The molecule has 1 aliphatic rings. The first-order valence-corrected chi connectivity index (χ1v) is 9.09. The van der Waals surface area contributed by atoms with Crippen LogP contribution in [0.1, 0.15) is 40.5 Å². The van der Waals surface area contributed by atoms with Crippen molar-refractivity contribution >= 4 is 18.4 Å². The van der Waals surface area contributed by atoms with Crippen molar-refractivity contribution in [2.24, 2.45) is 0 Å². The zero-order valence-electron chi connectivity index (χ0n) is 16.0. The van der Waals surface area contributed by atoms with Crippen LogP contribution < -0.4 is 0 Å². The van der Waals surface area contributed by atoms with Crippen LogP contribution in [-0.2, 0) is 19.3 Å². The molecule has 2 aromatic rings. The van der Waals surface area contributed by atoms with Gasteiger partial charge in [0.1, 0.15) is 5.60 Å². The van der Waals surface area contributed by atoms with E-state index in [1.165, 1.54) is 0 Å². The summed E-state index contributed by atoms with van der Waals surface area (Å²) in [4.78, 5) is 42.0. The Morgan fingerprint density at radius 3 is 1.79 bits per heavy atom. The van der Waals surface area contributed by atoms with E-state index < -0.39 is 11.9 Å². The van der Waals surface area contributed by atoms with Crippen molar-refractivity contribution in [3.8, 4) is 0 Å². The Bertz CT molecular complexity index is 802. The molecule has 0 spiro atoms. The van der Waals surface area contributed by atoms with Crippen LogP contribution in [0.15, 0.2) is 85.0 Å². The normalized spacial score (nSPS) is 16.7. The predicted octanol–water partition coefficient (Wildman–Crippen LogP) is 4.44. The van der Waals surface area contributed by atoms with E-state index in [0.717, 1.165) is 12.8 Å². The fourth-order valence-corrected chi connectivity index (χ4v) is 2.49. The monoisotopic (exact) mass is 394 g/mol. The van der Waals surface area contributed by atoms with Crippen molar-refractivity contribution in [1.82, 2.24) is 0 Å². The lowest BCUT2D eigenvalue weighted by atomic mass is 9.92. The molecule has 0 aromatic heterocycles. The van der Waals surface area contributed by atoms with Crippen molar-refractivity contribution in [2.75, 3.05) is 0 Å². The summed E-state index contributed by atoms with van der Waals surface area (Å²) in [5.41, 5.74) is 0.271. The van der Waals surface area contributed by atoms with Gasteiger partial charge in [0.05, 0.1) is 11.1 Å². The number of hydrogen-bond acceptors (Lipinski definition) is 6. The number of carbonyl (C=O) groups excluding carboxylic acids is 3. The van der Waals surface area contributed by atoms with E-state index in [0.29, 0.717) is 17.6 Å². The molecular weight excluding hydrogens is 372 g/mol. The molecule has 0 radical (unpaired) electrons. The molecule has 0 saturated carbocycles. The third-order valence-corrected chi connectivity index (χ3v) is 4.20. The van der Waals surface area contributed by atoms with Gasteiger partial charge in [0.25, 0.3) is 6.47 Å².